The first-order chi connectivity index (χ1) is 8.08. The van der Waals surface area contributed by atoms with E-state index in [0.29, 0.717) is 27.3 Å². The van der Waals surface area contributed by atoms with E-state index in [0.717, 1.165) is 6.42 Å². The normalized spacial score (nSPS) is 12.2. The van der Waals surface area contributed by atoms with E-state index in [9.17, 15) is 4.79 Å². The van der Waals surface area contributed by atoms with Gasteiger partial charge in [0.1, 0.15) is 5.75 Å². The van der Waals surface area contributed by atoms with E-state index >= 15 is 0 Å². The van der Waals surface area contributed by atoms with Crippen LogP contribution in [0.1, 0.15) is 30.6 Å². The van der Waals surface area contributed by atoms with E-state index in [2.05, 4.69) is 13.8 Å². The zero-order chi connectivity index (χ0) is 12.8. The average molecular weight is 273 g/mol. The molecule has 0 aliphatic heterocycles. The highest BCUT2D eigenvalue weighted by Gasteiger charge is 2.10. The number of benzene rings is 1. The number of hydrogen-bond acceptors (Lipinski definition) is 3. The summed E-state index contributed by atoms with van der Waals surface area (Å²) in [5.74, 6) is 1.20. The van der Waals surface area contributed by atoms with Gasteiger partial charge in [-0.2, -0.15) is 11.8 Å². The Bertz CT molecular complexity index is 393. The summed E-state index contributed by atoms with van der Waals surface area (Å²) in [5.41, 5.74) is 0.645. The van der Waals surface area contributed by atoms with Gasteiger partial charge in [-0.15, -0.1) is 0 Å². The third-order valence-corrected chi connectivity index (χ3v) is 4.17. The molecule has 0 bridgehead atoms. The van der Waals surface area contributed by atoms with Crippen LogP contribution in [0.15, 0.2) is 18.2 Å². The Morgan fingerprint density at radius 2 is 2.24 bits per heavy atom. The molecule has 0 saturated heterocycles. The van der Waals surface area contributed by atoms with Crippen molar-refractivity contribution in [1.82, 2.24) is 0 Å². The van der Waals surface area contributed by atoms with Gasteiger partial charge in [-0.25, -0.2) is 0 Å². The maximum atomic E-state index is 11.9. The molecule has 4 heteroatoms. The Balaban J connectivity index is 2.66. The van der Waals surface area contributed by atoms with E-state index in [4.69, 9.17) is 16.3 Å². The zero-order valence-electron chi connectivity index (χ0n) is 10.3. The zero-order valence-corrected chi connectivity index (χ0v) is 11.9. The van der Waals surface area contributed by atoms with Gasteiger partial charge < -0.3 is 4.74 Å². The molecule has 0 amide bonds. The van der Waals surface area contributed by atoms with Crippen molar-refractivity contribution in [1.29, 1.82) is 0 Å². The molecule has 0 saturated carbocycles. The van der Waals surface area contributed by atoms with Crippen molar-refractivity contribution in [3.63, 3.8) is 0 Å². The van der Waals surface area contributed by atoms with Crippen LogP contribution < -0.4 is 4.74 Å². The molecule has 0 N–H and O–H groups in total. The fourth-order valence-electron chi connectivity index (χ4n) is 1.26. The number of ether oxygens (including phenoxy) is 1. The van der Waals surface area contributed by atoms with Gasteiger partial charge in [0, 0.05) is 10.8 Å². The maximum absolute atomic E-state index is 11.9. The second-order valence-electron chi connectivity index (χ2n) is 3.80. The van der Waals surface area contributed by atoms with Gasteiger partial charge in [0.2, 0.25) is 0 Å². The first-order valence-corrected chi connectivity index (χ1v) is 6.99. The van der Waals surface area contributed by atoms with Crippen LogP contribution in [0.3, 0.4) is 0 Å². The largest absolute Gasteiger partial charge is 0.495 e. The Hall–Kier alpha value is -0.670. The van der Waals surface area contributed by atoms with Crippen molar-refractivity contribution in [2.45, 2.75) is 25.5 Å². The highest BCUT2D eigenvalue weighted by atomic mass is 35.5. The minimum atomic E-state index is 0.111. The van der Waals surface area contributed by atoms with Crippen molar-refractivity contribution in [3.05, 3.63) is 28.8 Å². The first kappa shape index (κ1) is 14.4. The molecule has 0 heterocycles. The molecule has 0 aliphatic carbocycles. The van der Waals surface area contributed by atoms with Gasteiger partial charge in [-0.3, -0.25) is 4.79 Å². The van der Waals surface area contributed by atoms with E-state index < -0.39 is 0 Å². The van der Waals surface area contributed by atoms with Crippen LogP contribution in [-0.4, -0.2) is 23.9 Å². The smallest absolute Gasteiger partial charge is 0.172 e. The quantitative estimate of drug-likeness (QED) is 0.731. The van der Waals surface area contributed by atoms with E-state index in [1.807, 2.05) is 0 Å². The highest BCUT2D eigenvalue weighted by Crippen LogP contribution is 2.26. The lowest BCUT2D eigenvalue weighted by molar-refractivity contribution is 0.102. The molecule has 1 rings (SSSR count). The summed E-state index contributed by atoms with van der Waals surface area (Å²) >= 11 is 7.65. The summed E-state index contributed by atoms with van der Waals surface area (Å²) < 4.78 is 5.05. The predicted molar refractivity (Wildman–Crippen MR) is 74.5 cm³/mol. The summed E-state index contributed by atoms with van der Waals surface area (Å²) in [6.07, 6.45) is 1.07. The molecule has 1 atom stereocenters. The van der Waals surface area contributed by atoms with Crippen LogP contribution >= 0.6 is 23.4 Å². The first-order valence-electron chi connectivity index (χ1n) is 5.56. The molecule has 17 heavy (non-hydrogen) atoms. The second kappa shape index (κ2) is 6.92. The lowest BCUT2D eigenvalue weighted by atomic mass is 10.1. The fourth-order valence-corrected chi connectivity index (χ4v) is 2.35. The van der Waals surface area contributed by atoms with Gasteiger partial charge in [0.15, 0.2) is 5.78 Å². The number of thioether (sulfide) groups is 1. The molecule has 1 unspecified atom stereocenters. The average Bonchev–Trinajstić information content (AvgIpc) is 2.35. The van der Waals surface area contributed by atoms with Gasteiger partial charge in [0.25, 0.3) is 0 Å². The maximum Gasteiger partial charge on any atom is 0.172 e. The molecule has 94 valence electrons. The minimum Gasteiger partial charge on any atom is -0.495 e. The number of ketones is 1. The molecular formula is C13H17ClO2S. The molecule has 1 aromatic rings. The predicted octanol–water partition coefficient (Wildman–Crippen LogP) is 4.06. The van der Waals surface area contributed by atoms with Crippen molar-refractivity contribution < 1.29 is 9.53 Å². The molecule has 0 radical (unpaired) electrons. The SMILES string of the molecule is CCC(C)SCC(=O)c1ccc(OC)c(Cl)c1. The number of rotatable bonds is 6. The Morgan fingerprint density at radius 1 is 1.53 bits per heavy atom. The Kier molecular flexibility index (Phi) is 5.86. The number of hydrogen-bond donors (Lipinski definition) is 0. The molecule has 0 spiro atoms. The van der Waals surface area contributed by atoms with Crippen molar-refractivity contribution in [2.75, 3.05) is 12.9 Å². The number of halogens is 1. The van der Waals surface area contributed by atoms with Gasteiger partial charge in [-0.1, -0.05) is 25.4 Å². The number of carbonyl (C=O) groups is 1. The van der Waals surface area contributed by atoms with Gasteiger partial charge in [0.05, 0.1) is 17.9 Å². The van der Waals surface area contributed by atoms with E-state index in [1.165, 1.54) is 0 Å². The molecule has 2 nitrogen and oxygen atoms in total. The van der Waals surface area contributed by atoms with E-state index in [1.54, 1.807) is 37.1 Å². The molecule has 0 aromatic heterocycles. The number of carbonyl (C=O) groups excluding carboxylic acids is 1. The van der Waals surface area contributed by atoms with Crippen LogP contribution in [0.25, 0.3) is 0 Å². The molecular weight excluding hydrogens is 256 g/mol. The molecule has 0 aliphatic rings. The summed E-state index contributed by atoms with van der Waals surface area (Å²) in [5, 5.41) is 0.986. The third kappa shape index (κ3) is 4.25. The van der Waals surface area contributed by atoms with Gasteiger partial charge in [-0.05, 0) is 24.6 Å². The second-order valence-corrected chi connectivity index (χ2v) is 5.64. The lowest BCUT2D eigenvalue weighted by Crippen LogP contribution is -2.06. The third-order valence-electron chi connectivity index (χ3n) is 2.55. The van der Waals surface area contributed by atoms with Crippen LogP contribution in [0.2, 0.25) is 5.02 Å². The Morgan fingerprint density at radius 3 is 2.76 bits per heavy atom. The standard InChI is InChI=1S/C13H17ClO2S/c1-4-9(2)17-8-12(15)10-5-6-13(16-3)11(14)7-10/h5-7,9H,4,8H2,1-3H3. The summed E-state index contributed by atoms with van der Waals surface area (Å²) in [7, 11) is 1.56. The van der Waals surface area contributed by atoms with Crippen LogP contribution in [0.5, 0.6) is 5.75 Å². The van der Waals surface area contributed by atoms with Crippen LogP contribution in [0.4, 0.5) is 0 Å². The molecule has 0 fully saturated rings. The lowest BCUT2D eigenvalue weighted by Gasteiger charge is -2.08. The summed E-state index contributed by atoms with van der Waals surface area (Å²) in [4.78, 5) is 11.9. The number of methoxy groups -OCH3 is 1. The minimum absolute atomic E-state index is 0.111. The van der Waals surface area contributed by atoms with Crippen LogP contribution in [-0.2, 0) is 0 Å². The Labute approximate surface area is 112 Å². The van der Waals surface area contributed by atoms with Crippen molar-refractivity contribution in [2.24, 2.45) is 0 Å². The van der Waals surface area contributed by atoms with Crippen molar-refractivity contribution >= 4 is 29.1 Å². The van der Waals surface area contributed by atoms with E-state index in [-0.39, 0.29) is 5.78 Å². The molecule has 1 aromatic carbocycles. The summed E-state index contributed by atoms with van der Waals surface area (Å²) in [6, 6.07) is 5.15. The summed E-state index contributed by atoms with van der Waals surface area (Å²) in [6.45, 7) is 4.24. The highest BCUT2D eigenvalue weighted by molar-refractivity contribution is 8.00. The van der Waals surface area contributed by atoms with Crippen LogP contribution in [0, 0.1) is 0 Å². The fraction of sp³-hybridized carbons (Fsp3) is 0.462. The topological polar surface area (TPSA) is 26.3 Å². The van der Waals surface area contributed by atoms with Gasteiger partial charge >= 0.3 is 0 Å². The number of Topliss-reactive ketones (excluding diaryl/α,β-unsaturated/α-hetero) is 1. The monoisotopic (exact) mass is 272 g/mol. The van der Waals surface area contributed by atoms with Crippen molar-refractivity contribution in [3.8, 4) is 5.75 Å².